The van der Waals surface area contributed by atoms with Crippen molar-refractivity contribution in [1.82, 2.24) is 9.88 Å². The molecule has 6 heteroatoms. The summed E-state index contributed by atoms with van der Waals surface area (Å²) in [5, 5.41) is 6.00. The first-order valence-corrected chi connectivity index (χ1v) is 10.6. The number of rotatable bonds is 5. The number of aryl methyl sites for hydroxylation is 1. The third-order valence-electron chi connectivity index (χ3n) is 5.35. The van der Waals surface area contributed by atoms with Crippen LogP contribution in [-0.2, 0) is 9.59 Å². The molecule has 2 aromatic carbocycles. The fourth-order valence-electron chi connectivity index (χ4n) is 3.66. The van der Waals surface area contributed by atoms with E-state index in [1.165, 1.54) is 0 Å². The Balaban J connectivity index is 1.39. The quantitative estimate of drug-likeness (QED) is 0.671. The zero-order chi connectivity index (χ0) is 20.4. The minimum atomic E-state index is -0.338. The third kappa shape index (κ3) is 4.22. The van der Waals surface area contributed by atoms with Crippen molar-refractivity contribution in [3.63, 3.8) is 0 Å². The molecule has 1 fully saturated rings. The second-order valence-electron chi connectivity index (χ2n) is 7.35. The number of nitrogens with zero attached hydrogens (tertiary/aromatic N) is 2. The van der Waals surface area contributed by atoms with Crippen molar-refractivity contribution < 1.29 is 9.59 Å². The number of carbonyl (C=O) groups is 2. The Kier molecular flexibility index (Phi) is 5.45. The number of thiazole rings is 1. The highest BCUT2D eigenvalue weighted by atomic mass is 32.1. The summed E-state index contributed by atoms with van der Waals surface area (Å²) in [6.07, 6.45) is 0.249. The molecule has 1 aromatic heterocycles. The Morgan fingerprint density at radius 2 is 1.90 bits per heavy atom. The molecular formula is C23H23N3O2S. The van der Waals surface area contributed by atoms with Crippen LogP contribution in [0.1, 0.15) is 30.0 Å². The number of carbonyl (C=O) groups excluding carboxylic acids is 2. The molecular weight excluding hydrogens is 382 g/mol. The first kappa shape index (κ1) is 19.3. The Bertz CT molecular complexity index is 1010. The van der Waals surface area contributed by atoms with Crippen molar-refractivity contribution in [2.75, 3.05) is 11.9 Å². The maximum atomic E-state index is 12.7. The van der Waals surface area contributed by atoms with Crippen molar-refractivity contribution in [2.45, 2.75) is 26.3 Å². The zero-order valence-electron chi connectivity index (χ0n) is 16.5. The number of nitrogens with one attached hydrogen (secondary N) is 1. The Labute approximate surface area is 174 Å². The molecule has 0 saturated carbocycles. The molecule has 1 aliphatic rings. The zero-order valence-corrected chi connectivity index (χ0v) is 17.3. The summed E-state index contributed by atoms with van der Waals surface area (Å²) in [6.45, 7) is 4.43. The van der Waals surface area contributed by atoms with Gasteiger partial charge >= 0.3 is 0 Å². The van der Waals surface area contributed by atoms with Crippen LogP contribution < -0.4 is 5.32 Å². The highest BCUT2D eigenvalue weighted by Crippen LogP contribution is 2.29. The van der Waals surface area contributed by atoms with Crippen LogP contribution in [0.2, 0.25) is 0 Å². The van der Waals surface area contributed by atoms with E-state index >= 15 is 0 Å². The summed E-state index contributed by atoms with van der Waals surface area (Å²) in [4.78, 5) is 31.5. The van der Waals surface area contributed by atoms with Crippen molar-refractivity contribution in [2.24, 2.45) is 5.92 Å². The van der Waals surface area contributed by atoms with Crippen LogP contribution in [0.3, 0.4) is 0 Å². The number of benzene rings is 2. The maximum absolute atomic E-state index is 12.7. The number of likely N-dealkylation sites (tertiary alicyclic amines) is 1. The third-order valence-corrected chi connectivity index (χ3v) is 6.12. The lowest BCUT2D eigenvalue weighted by Gasteiger charge is -2.25. The lowest BCUT2D eigenvalue weighted by molar-refractivity contribution is -0.129. The topological polar surface area (TPSA) is 62.3 Å². The van der Waals surface area contributed by atoms with Crippen LogP contribution in [0.4, 0.5) is 5.69 Å². The summed E-state index contributed by atoms with van der Waals surface area (Å²) in [7, 11) is 0. The van der Waals surface area contributed by atoms with E-state index in [-0.39, 0.29) is 30.2 Å². The van der Waals surface area contributed by atoms with E-state index in [2.05, 4.69) is 10.3 Å². The van der Waals surface area contributed by atoms with E-state index < -0.39 is 0 Å². The fourth-order valence-corrected chi connectivity index (χ4v) is 4.28. The molecule has 1 aliphatic heterocycles. The van der Waals surface area contributed by atoms with Crippen LogP contribution in [0.5, 0.6) is 0 Å². The molecule has 2 unspecified atom stereocenters. The first-order chi connectivity index (χ1) is 14.0. The molecule has 1 N–H and O–H groups in total. The Hall–Kier alpha value is -2.99. The fraction of sp³-hybridized carbons (Fsp3) is 0.261. The minimum absolute atomic E-state index is 0.0238. The molecule has 0 aliphatic carbocycles. The van der Waals surface area contributed by atoms with E-state index in [9.17, 15) is 9.59 Å². The summed E-state index contributed by atoms with van der Waals surface area (Å²) in [5.41, 5.74) is 3.77. The van der Waals surface area contributed by atoms with Gasteiger partial charge in [-0.3, -0.25) is 9.59 Å². The number of anilines is 1. The van der Waals surface area contributed by atoms with Crippen molar-refractivity contribution in [3.8, 4) is 11.3 Å². The summed E-state index contributed by atoms with van der Waals surface area (Å²) >= 11 is 1.61. The van der Waals surface area contributed by atoms with Gasteiger partial charge in [0, 0.05) is 29.6 Å². The van der Waals surface area contributed by atoms with Gasteiger partial charge in [0.25, 0.3) is 0 Å². The summed E-state index contributed by atoms with van der Waals surface area (Å²) in [5.74, 6) is -0.427. The van der Waals surface area contributed by atoms with E-state index in [0.717, 1.165) is 27.5 Å². The second-order valence-corrected chi connectivity index (χ2v) is 8.41. The molecule has 2 atom stereocenters. The van der Waals surface area contributed by atoms with Gasteiger partial charge in [0.1, 0.15) is 0 Å². The van der Waals surface area contributed by atoms with E-state index in [4.69, 9.17) is 0 Å². The maximum Gasteiger partial charge on any atom is 0.229 e. The molecule has 1 saturated heterocycles. The summed E-state index contributed by atoms with van der Waals surface area (Å²) in [6, 6.07) is 17.5. The minimum Gasteiger partial charge on any atom is -0.335 e. The molecule has 3 aromatic rings. The molecule has 148 valence electrons. The molecule has 29 heavy (non-hydrogen) atoms. The first-order valence-electron chi connectivity index (χ1n) is 9.69. The van der Waals surface area contributed by atoms with Gasteiger partial charge < -0.3 is 10.2 Å². The van der Waals surface area contributed by atoms with Gasteiger partial charge in [-0.1, -0.05) is 42.5 Å². The number of hydrogen-bond acceptors (Lipinski definition) is 4. The van der Waals surface area contributed by atoms with Crippen LogP contribution in [0, 0.1) is 12.8 Å². The van der Waals surface area contributed by atoms with Crippen LogP contribution >= 0.6 is 11.3 Å². The van der Waals surface area contributed by atoms with Gasteiger partial charge in [0.05, 0.1) is 22.7 Å². The lowest BCUT2D eigenvalue weighted by atomic mass is 10.1. The standard InChI is InChI=1S/C23H23N3O2S/c1-15(17-6-4-3-5-7-17)26-13-19(12-22(26)27)23(28)25-20-10-8-18(9-11-20)21-14-29-16(2)24-21/h3-11,14-15,19H,12-13H2,1-2H3,(H,25,28). The highest BCUT2D eigenvalue weighted by Gasteiger charge is 2.37. The average molecular weight is 406 g/mol. The van der Waals surface area contributed by atoms with Gasteiger partial charge in [-0.15, -0.1) is 11.3 Å². The predicted molar refractivity (Wildman–Crippen MR) is 116 cm³/mol. The smallest absolute Gasteiger partial charge is 0.229 e. The van der Waals surface area contributed by atoms with Crippen LogP contribution in [-0.4, -0.2) is 28.2 Å². The van der Waals surface area contributed by atoms with Gasteiger partial charge in [-0.2, -0.15) is 0 Å². The van der Waals surface area contributed by atoms with Gasteiger partial charge in [-0.25, -0.2) is 4.98 Å². The number of aromatic nitrogens is 1. The SMILES string of the molecule is Cc1nc(-c2ccc(NC(=O)C3CC(=O)N(C(C)c4ccccc4)C3)cc2)cs1. The van der Waals surface area contributed by atoms with Crippen LogP contribution in [0.25, 0.3) is 11.3 Å². The molecule has 0 bridgehead atoms. The molecule has 2 amide bonds. The van der Waals surface area contributed by atoms with Crippen molar-refractivity contribution in [3.05, 3.63) is 70.5 Å². The Morgan fingerprint density at radius 3 is 2.55 bits per heavy atom. The molecule has 0 radical (unpaired) electrons. The summed E-state index contributed by atoms with van der Waals surface area (Å²) < 4.78 is 0. The van der Waals surface area contributed by atoms with Crippen LogP contribution in [0.15, 0.2) is 60.0 Å². The van der Waals surface area contributed by atoms with Gasteiger partial charge in [0.2, 0.25) is 11.8 Å². The largest absolute Gasteiger partial charge is 0.335 e. The van der Waals surface area contributed by atoms with E-state index in [0.29, 0.717) is 6.54 Å². The van der Waals surface area contributed by atoms with Crippen molar-refractivity contribution in [1.29, 1.82) is 0 Å². The number of amides is 2. The molecule has 2 heterocycles. The normalized spacial score (nSPS) is 17.4. The predicted octanol–water partition coefficient (Wildman–Crippen LogP) is 4.67. The van der Waals surface area contributed by atoms with Crippen molar-refractivity contribution >= 4 is 28.8 Å². The van der Waals surface area contributed by atoms with Gasteiger partial charge in [0.15, 0.2) is 0 Å². The average Bonchev–Trinajstić information content (AvgIpc) is 3.34. The molecule has 5 nitrogen and oxygen atoms in total. The monoisotopic (exact) mass is 405 g/mol. The van der Waals surface area contributed by atoms with Gasteiger partial charge in [-0.05, 0) is 31.5 Å². The number of hydrogen-bond donors (Lipinski definition) is 1. The van der Waals surface area contributed by atoms with E-state index in [1.807, 2.05) is 73.8 Å². The molecule has 4 rings (SSSR count). The molecule has 0 spiro atoms. The second kappa shape index (κ2) is 8.17. The van der Waals surface area contributed by atoms with E-state index in [1.54, 1.807) is 16.2 Å². The Morgan fingerprint density at radius 1 is 1.17 bits per heavy atom. The highest BCUT2D eigenvalue weighted by molar-refractivity contribution is 7.09. The lowest BCUT2D eigenvalue weighted by Crippen LogP contribution is -2.30.